The average molecular weight is 226 g/mol. The van der Waals surface area contributed by atoms with Crippen LogP contribution in [0.15, 0.2) is 60.7 Å². The number of hydrogen-bond donors (Lipinski definition) is 2. The average Bonchev–Trinajstić information content (AvgIpc) is 2.38. The van der Waals surface area contributed by atoms with Gasteiger partial charge in [-0.15, -0.1) is 0 Å². The molecule has 3 nitrogen and oxygen atoms in total. The van der Waals surface area contributed by atoms with Crippen LogP contribution in [0, 0.1) is 0 Å². The fourth-order valence-electron chi connectivity index (χ4n) is 1.67. The van der Waals surface area contributed by atoms with Gasteiger partial charge < -0.3 is 11.1 Å². The standard InChI is InChI=1S/C14H14N2O/c15-14(17)13(11-7-3-1-4-8-11)16-12-9-5-2-6-10-12/h1-10,13,16H,(H2,15,17)/t13-/m1/s1. The Morgan fingerprint density at radius 2 is 1.47 bits per heavy atom. The Labute approximate surface area is 100 Å². The van der Waals surface area contributed by atoms with E-state index in [1.54, 1.807) is 0 Å². The number of carbonyl (C=O) groups is 1. The Morgan fingerprint density at radius 3 is 2.00 bits per heavy atom. The van der Waals surface area contributed by atoms with Crippen LogP contribution < -0.4 is 11.1 Å². The van der Waals surface area contributed by atoms with Crippen molar-refractivity contribution < 1.29 is 4.79 Å². The maximum atomic E-state index is 11.5. The van der Waals surface area contributed by atoms with Crippen molar-refractivity contribution in [1.29, 1.82) is 0 Å². The minimum Gasteiger partial charge on any atom is -0.370 e. The van der Waals surface area contributed by atoms with Crippen molar-refractivity contribution in [2.75, 3.05) is 5.32 Å². The number of amides is 1. The van der Waals surface area contributed by atoms with E-state index in [1.165, 1.54) is 0 Å². The summed E-state index contributed by atoms with van der Waals surface area (Å²) in [7, 11) is 0. The van der Waals surface area contributed by atoms with Crippen LogP contribution in [0.3, 0.4) is 0 Å². The van der Waals surface area contributed by atoms with E-state index in [-0.39, 0.29) is 5.91 Å². The van der Waals surface area contributed by atoms with Crippen molar-refractivity contribution in [3.8, 4) is 0 Å². The molecule has 0 spiro atoms. The predicted octanol–water partition coefficient (Wildman–Crippen LogP) is 2.33. The highest BCUT2D eigenvalue weighted by Crippen LogP contribution is 2.18. The van der Waals surface area contributed by atoms with Gasteiger partial charge in [0, 0.05) is 5.69 Å². The summed E-state index contributed by atoms with van der Waals surface area (Å²) in [6.45, 7) is 0. The molecule has 0 fully saturated rings. The number of hydrogen-bond acceptors (Lipinski definition) is 2. The Balaban J connectivity index is 2.23. The molecule has 0 unspecified atom stereocenters. The normalized spacial score (nSPS) is 11.8. The summed E-state index contributed by atoms with van der Waals surface area (Å²) in [4.78, 5) is 11.5. The number of para-hydroxylation sites is 1. The quantitative estimate of drug-likeness (QED) is 0.840. The minimum absolute atomic E-state index is 0.389. The van der Waals surface area contributed by atoms with E-state index in [9.17, 15) is 4.79 Å². The Kier molecular flexibility index (Phi) is 3.40. The lowest BCUT2D eigenvalue weighted by Gasteiger charge is -2.16. The number of nitrogens with two attached hydrogens (primary N) is 1. The molecule has 0 aliphatic heterocycles. The molecule has 1 atom stereocenters. The molecule has 0 aliphatic rings. The van der Waals surface area contributed by atoms with Gasteiger partial charge in [0.2, 0.25) is 5.91 Å². The molecule has 0 saturated carbocycles. The minimum atomic E-state index is -0.501. The smallest absolute Gasteiger partial charge is 0.244 e. The first-order chi connectivity index (χ1) is 8.27. The van der Waals surface area contributed by atoms with Gasteiger partial charge in [-0.05, 0) is 17.7 Å². The second-order valence-electron chi connectivity index (χ2n) is 3.76. The van der Waals surface area contributed by atoms with Gasteiger partial charge in [0.1, 0.15) is 6.04 Å². The molecule has 0 radical (unpaired) electrons. The summed E-state index contributed by atoms with van der Waals surface area (Å²) < 4.78 is 0. The molecule has 17 heavy (non-hydrogen) atoms. The van der Waals surface area contributed by atoms with Crippen LogP contribution >= 0.6 is 0 Å². The van der Waals surface area contributed by atoms with Crippen LogP contribution in [-0.2, 0) is 4.79 Å². The van der Waals surface area contributed by atoms with E-state index in [4.69, 9.17) is 5.73 Å². The third-order valence-corrected chi connectivity index (χ3v) is 2.50. The monoisotopic (exact) mass is 226 g/mol. The largest absolute Gasteiger partial charge is 0.370 e. The van der Waals surface area contributed by atoms with Crippen LogP contribution in [0.5, 0.6) is 0 Å². The lowest BCUT2D eigenvalue weighted by molar-refractivity contribution is -0.118. The first-order valence-corrected chi connectivity index (χ1v) is 5.43. The van der Waals surface area contributed by atoms with Crippen molar-refractivity contribution >= 4 is 11.6 Å². The molecule has 2 rings (SSSR count). The Hall–Kier alpha value is -2.29. The van der Waals surface area contributed by atoms with Gasteiger partial charge in [0.05, 0.1) is 0 Å². The van der Waals surface area contributed by atoms with E-state index < -0.39 is 6.04 Å². The van der Waals surface area contributed by atoms with Crippen LogP contribution in [0.25, 0.3) is 0 Å². The zero-order valence-corrected chi connectivity index (χ0v) is 9.34. The van der Waals surface area contributed by atoms with Gasteiger partial charge in [-0.25, -0.2) is 0 Å². The van der Waals surface area contributed by atoms with E-state index in [0.29, 0.717) is 0 Å². The summed E-state index contributed by atoms with van der Waals surface area (Å²) in [6.07, 6.45) is 0. The third-order valence-electron chi connectivity index (χ3n) is 2.50. The number of primary amides is 1. The first kappa shape index (κ1) is 11.2. The van der Waals surface area contributed by atoms with E-state index in [1.807, 2.05) is 60.7 Å². The molecule has 0 heterocycles. The number of anilines is 1. The van der Waals surface area contributed by atoms with Gasteiger partial charge in [-0.1, -0.05) is 48.5 Å². The summed E-state index contributed by atoms with van der Waals surface area (Å²) in [6, 6.07) is 18.5. The zero-order valence-electron chi connectivity index (χ0n) is 9.34. The van der Waals surface area contributed by atoms with Gasteiger partial charge in [-0.2, -0.15) is 0 Å². The lowest BCUT2D eigenvalue weighted by Crippen LogP contribution is -2.27. The van der Waals surface area contributed by atoms with Gasteiger partial charge in [-0.3, -0.25) is 4.79 Å². The molecule has 3 N–H and O–H groups in total. The molecule has 2 aromatic carbocycles. The van der Waals surface area contributed by atoms with Crippen molar-refractivity contribution in [3.05, 3.63) is 66.2 Å². The molecule has 86 valence electrons. The second-order valence-corrected chi connectivity index (χ2v) is 3.76. The maximum Gasteiger partial charge on any atom is 0.244 e. The molecular formula is C14H14N2O. The lowest BCUT2D eigenvalue weighted by atomic mass is 10.1. The number of carbonyl (C=O) groups excluding carboxylic acids is 1. The topological polar surface area (TPSA) is 55.1 Å². The van der Waals surface area contributed by atoms with Crippen LogP contribution in [-0.4, -0.2) is 5.91 Å². The first-order valence-electron chi connectivity index (χ1n) is 5.43. The SMILES string of the molecule is NC(=O)[C@H](Nc1ccccc1)c1ccccc1. The van der Waals surface area contributed by atoms with Crippen molar-refractivity contribution in [2.45, 2.75) is 6.04 Å². The molecular weight excluding hydrogens is 212 g/mol. The number of benzene rings is 2. The zero-order chi connectivity index (χ0) is 12.1. The molecule has 0 aliphatic carbocycles. The third kappa shape index (κ3) is 2.84. The highest BCUT2D eigenvalue weighted by Gasteiger charge is 2.16. The fraction of sp³-hybridized carbons (Fsp3) is 0.0714. The summed E-state index contributed by atoms with van der Waals surface area (Å²) >= 11 is 0. The molecule has 2 aromatic rings. The summed E-state index contributed by atoms with van der Waals surface area (Å²) in [5.41, 5.74) is 7.15. The molecule has 0 bridgehead atoms. The number of nitrogens with one attached hydrogen (secondary N) is 1. The van der Waals surface area contributed by atoms with Crippen molar-refractivity contribution in [2.24, 2.45) is 5.73 Å². The Morgan fingerprint density at radius 1 is 0.941 bits per heavy atom. The van der Waals surface area contributed by atoms with E-state index in [2.05, 4.69) is 5.32 Å². The fourth-order valence-corrected chi connectivity index (χ4v) is 1.67. The number of rotatable bonds is 4. The molecule has 0 aromatic heterocycles. The summed E-state index contributed by atoms with van der Waals surface area (Å²) in [5.74, 6) is -0.389. The van der Waals surface area contributed by atoms with Crippen molar-refractivity contribution in [1.82, 2.24) is 0 Å². The molecule has 3 heteroatoms. The van der Waals surface area contributed by atoms with Crippen molar-refractivity contribution in [3.63, 3.8) is 0 Å². The highest BCUT2D eigenvalue weighted by atomic mass is 16.1. The van der Waals surface area contributed by atoms with Crippen LogP contribution in [0.2, 0.25) is 0 Å². The van der Waals surface area contributed by atoms with Gasteiger partial charge in [0.25, 0.3) is 0 Å². The van der Waals surface area contributed by atoms with Gasteiger partial charge in [0.15, 0.2) is 0 Å². The maximum absolute atomic E-state index is 11.5. The predicted molar refractivity (Wildman–Crippen MR) is 68.4 cm³/mol. The van der Waals surface area contributed by atoms with Crippen LogP contribution in [0.1, 0.15) is 11.6 Å². The Bertz CT molecular complexity index is 482. The van der Waals surface area contributed by atoms with Crippen LogP contribution in [0.4, 0.5) is 5.69 Å². The van der Waals surface area contributed by atoms with E-state index in [0.717, 1.165) is 11.3 Å². The van der Waals surface area contributed by atoms with E-state index >= 15 is 0 Å². The highest BCUT2D eigenvalue weighted by molar-refractivity contribution is 5.84. The van der Waals surface area contributed by atoms with Gasteiger partial charge >= 0.3 is 0 Å². The summed E-state index contributed by atoms with van der Waals surface area (Å²) in [5, 5.41) is 3.12. The molecule has 0 saturated heterocycles. The second kappa shape index (κ2) is 5.16. The molecule has 1 amide bonds.